The molecular weight excluding hydrogens is 370 g/mol. The molecule has 3 rings (SSSR count). The SMILES string of the molecule is O=C(N/N=C\c1ccc(Br)cc1)[C@H]1CC(=O)N(c2ccccc2)C1. The van der Waals surface area contributed by atoms with Gasteiger partial charge in [-0.25, -0.2) is 5.43 Å². The van der Waals surface area contributed by atoms with E-state index < -0.39 is 0 Å². The molecule has 0 radical (unpaired) electrons. The Morgan fingerprint density at radius 3 is 2.58 bits per heavy atom. The number of halogens is 1. The van der Waals surface area contributed by atoms with Crippen molar-refractivity contribution in [1.82, 2.24) is 5.43 Å². The summed E-state index contributed by atoms with van der Waals surface area (Å²) >= 11 is 3.36. The molecule has 0 bridgehead atoms. The maximum absolute atomic E-state index is 12.2. The molecule has 1 heterocycles. The van der Waals surface area contributed by atoms with Crippen LogP contribution in [0.3, 0.4) is 0 Å². The molecule has 0 spiro atoms. The van der Waals surface area contributed by atoms with Crippen molar-refractivity contribution in [2.45, 2.75) is 6.42 Å². The lowest BCUT2D eigenvalue weighted by Crippen LogP contribution is -2.30. The van der Waals surface area contributed by atoms with Crippen molar-refractivity contribution in [3.05, 3.63) is 64.6 Å². The zero-order chi connectivity index (χ0) is 16.9. The summed E-state index contributed by atoms with van der Waals surface area (Å²) in [6.07, 6.45) is 1.78. The lowest BCUT2D eigenvalue weighted by Gasteiger charge is -2.16. The van der Waals surface area contributed by atoms with Crippen molar-refractivity contribution < 1.29 is 9.59 Å². The normalized spacial score (nSPS) is 17.5. The maximum Gasteiger partial charge on any atom is 0.245 e. The number of benzene rings is 2. The Morgan fingerprint density at radius 1 is 1.17 bits per heavy atom. The largest absolute Gasteiger partial charge is 0.312 e. The van der Waals surface area contributed by atoms with Gasteiger partial charge in [-0.3, -0.25) is 9.59 Å². The number of hydrazone groups is 1. The molecule has 0 saturated carbocycles. The second-order valence-corrected chi connectivity index (χ2v) is 6.44. The van der Waals surface area contributed by atoms with E-state index in [4.69, 9.17) is 0 Å². The summed E-state index contributed by atoms with van der Waals surface area (Å²) in [6, 6.07) is 16.9. The Morgan fingerprint density at radius 2 is 1.88 bits per heavy atom. The van der Waals surface area contributed by atoms with Gasteiger partial charge in [0.25, 0.3) is 0 Å². The minimum absolute atomic E-state index is 0.0433. The van der Waals surface area contributed by atoms with Gasteiger partial charge in [0.2, 0.25) is 11.8 Å². The molecule has 0 aliphatic carbocycles. The number of rotatable bonds is 4. The first-order valence-corrected chi connectivity index (χ1v) is 8.36. The molecule has 2 amide bonds. The second-order valence-electron chi connectivity index (χ2n) is 5.53. The maximum atomic E-state index is 12.2. The molecule has 2 aromatic carbocycles. The van der Waals surface area contributed by atoms with Gasteiger partial charge in [-0.2, -0.15) is 5.10 Å². The molecule has 2 aromatic rings. The van der Waals surface area contributed by atoms with E-state index in [1.807, 2.05) is 54.6 Å². The van der Waals surface area contributed by atoms with Crippen LogP contribution in [0.4, 0.5) is 5.69 Å². The Labute approximate surface area is 148 Å². The lowest BCUT2D eigenvalue weighted by molar-refractivity contribution is -0.126. The third kappa shape index (κ3) is 3.89. The van der Waals surface area contributed by atoms with Crippen molar-refractivity contribution >= 4 is 39.6 Å². The van der Waals surface area contributed by atoms with E-state index in [0.717, 1.165) is 15.7 Å². The van der Waals surface area contributed by atoms with Crippen molar-refractivity contribution in [1.29, 1.82) is 0 Å². The number of nitrogens with zero attached hydrogens (tertiary/aromatic N) is 2. The van der Waals surface area contributed by atoms with Gasteiger partial charge in [-0.05, 0) is 29.8 Å². The van der Waals surface area contributed by atoms with Gasteiger partial charge in [-0.1, -0.05) is 46.3 Å². The molecule has 24 heavy (non-hydrogen) atoms. The van der Waals surface area contributed by atoms with Crippen molar-refractivity contribution in [3.8, 4) is 0 Å². The Balaban J connectivity index is 1.58. The van der Waals surface area contributed by atoms with Gasteiger partial charge in [-0.15, -0.1) is 0 Å². The zero-order valence-corrected chi connectivity index (χ0v) is 14.4. The lowest BCUT2D eigenvalue weighted by atomic mass is 10.1. The average Bonchev–Trinajstić information content (AvgIpc) is 2.99. The van der Waals surface area contributed by atoms with Crippen LogP contribution in [0.15, 0.2) is 64.2 Å². The van der Waals surface area contributed by atoms with E-state index in [1.54, 1.807) is 11.1 Å². The van der Waals surface area contributed by atoms with Crippen LogP contribution >= 0.6 is 15.9 Å². The smallest absolute Gasteiger partial charge is 0.245 e. The monoisotopic (exact) mass is 385 g/mol. The van der Waals surface area contributed by atoms with E-state index in [2.05, 4.69) is 26.5 Å². The molecule has 122 valence electrons. The molecule has 6 heteroatoms. The third-order valence-corrected chi connectivity index (χ3v) is 4.35. The highest BCUT2D eigenvalue weighted by Crippen LogP contribution is 2.24. The number of para-hydroxylation sites is 1. The molecule has 1 saturated heterocycles. The zero-order valence-electron chi connectivity index (χ0n) is 12.9. The topological polar surface area (TPSA) is 61.8 Å². The number of hydrogen-bond donors (Lipinski definition) is 1. The van der Waals surface area contributed by atoms with Crippen LogP contribution in [0.1, 0.15) is 12.0 Å². The molecule has 0 aromatic heterocycles. The van der Waals surface area contributed by atoms with Crippen LogP contribution in [-0.4, -0.2) is 24.6 Å². The minimum Gasteiger partial charge on any atom is -0.312 e. The summed E-state index contributed by atoms with van der Waals surface area (Å²) in [5.41, 5.74) is 4.22. The molecule has 0 unspecified atom stereocenters. The summed E-state index contributed by atoms with van der Waals surface area (Å²) in [4.78, 5) is 26.0. The number of amides is 2. The highest BCUT2D eigenvalue weighted by molar-refractivity contribution is 9.10. The molecule has 1 N–H and O–H groups in total. The van der Waals surface area contributed by atoms with Gasteiger partial charge in [0.05, 0.1) is 12.1 Å². The predicted octanol–water partition coefficient (Wildman–Crippen LogP) is 2.95. The van der Waals surface area contributed by atoms with Gasteiger partial charge >= 0.3 is 0 Å². The first kappa shape index (κ1) is 16.4. The third-order valence-electron chi connectivity index (χ3n) is 3.82. The molecular formula is C18H16BrN3O2. The fourth-order valence-electron chi connectivity index (χ4n) is 2.55. The van der Waals surface area contributed by atoms with E-state index in [-0.39, 0.29) is 24.2 Å². The number of anilines is 1. The Kier molecular flexibility index (Phi) is 5.05. The Hall–Kier alpha value is -2.47. The Bertz CT molecular complexity index is 760. The van der Waals surface area contributed by atoms with Crippen LogP contribution in [0.2, 0.25) is 0 Å². The van der Waals surface area contributed by atoms with Gasteiger partial charge in [0.1, 0.15) is 0 Å². The summed E-state index contributed by atoms with van der Waals surface area (Å²) in [6.45, 7) is 0.377. The van der Waals surface area contributed by atoms with Crippen LogP contribution in [0.5, 0.6) is 0 Å². The first-order valence-electron chi connectivity index (χ1n) is 7.57. The van der Waals surface area contributed by atoms with Crippen LogP contribution in [0, 0.1) is 5.92 Å². The summed E-state index contributed by atoms with van der Waals surface area (Å²) in [5.74, 6) is -0.673. The van der Waals surface area contributed by atoms with Gasteiger partial charge in [0, 0.05) is 23.1 Å². The fourth-order valence-corrected chi connectivity index (χ4v) is 2.82. The standard InChI is InChI=1S/C18H16BrN3O2/c19-15-8-6-13(7-9-15)11-20-21-18(24)14-10-17(23)22(12-14)16-4-2-1-3-5-16/h1-9,11,14H,10,12H2,(H,21,24)/b20-11-/t14-/m0/s1. The molecule has 1 atom stereocenters. The van der Waals surface area contributed by atoms with Crippen LogP contribution in [0.25, 0.3) is 0 Å². The van der Waals surface area contributed by atoms with E-state index >= 15 is 0 Å². The molecule has 1 aliphatic heterocycles. The van der Waals surface area contributed by atoms with Gasteiger partial charge < -0.3 is 4.90 Å². The number of hydrogen-bond acceptors (Lipinski definition) is 3. The highest BCUT2D eigenvalue weighted by Gasteiger charge is 2.34. The van der Waals surface area contributed by atoms with E-state index in [1.165, 1.54) is 0 Å². The molecule has 1 fully saturated rings. The summed E-state index contributed by atoms with van der Waals surface area (Å²) in [7, 11) is 0. The number of nitrogens with one attached hydrogen (secondary N) is 1. The quantitative estimate of drug-likeness (QED) is 0.649. The van der Waals surface area contributed by atoms with Crippen molar-refractivity contribution in [3.63, 3.8) is 0 Å². The summed E-state index contributed by atoms with van der Waals surface area (Å²) < 4.78 is 0.981. The molecule has 1 aliphatic rings. The van der Waals surface area contributed by atoms with Crippen LogP contribution in [-0.2, 0) is 9.59 Å². The summed E-state index contributed by atoms with van der Waals surface area (Å²) in [5, 5.41) is 3.97. The minimum atomic E-state index is -0.389. The van der Waals surface area contributed by atoms with Gasteiger partial charge in [0.15, 0.2) is 0 Å². The first-order chi connectivity index (χ1) is 11.6. The highest BCUT2D eigenvalue weighted by atomic mass is 79.9. The average molecular weight is 386 g/mol. The predicted molar refractivity (Wildman–Crippen MR) is 96.8 cm³/mol. The second kappa shape index (κ2) is 7.40. The van der Waals surface area contributed by atoms with E-state index in [0.29, 0.717) is 6.54 Å². The van der Waals surface area contributed by atoms with Crippen molar-refractivity contribution in [2.24, 2.45) is 11.0 Å². The fraction of sp³-hybridized carbons (Fsp3) is 0.167. The number of carbonyl (C=O) groups is 2. The number of carbonyl (C=O) groups excluding carboxylic acids is 2. The molecule has 5 nitrogen and oxygen atoms in total. The van der Waals surface area contributed by atoms with E-state index in [9.17, 15) is 9.59 Å². The van der Waals surface area contributed by atoms with Crippen molar-refractivity contribution in [2.75, 3.05) is 11.4 Å². The van der Waals surface area contributed by atoms with Crippen LogP contribution < -0.4 is 10.3 Å².